The Hall–Kier alpha value is -4.97. The quantitative estimate of drug-likeness (QED) is 0.0930. The second-order valence-electron chi connectivity index (χ2n) is 15.8. The van der Waals surface area contributed by atoms with Gasteiger partial charge in [0.15, 0.2) is 0 Å². The van der Waals surface area contributed by atoms with Crippen LogP contribution in [0.5, 0.6) is 5.75 Å². The van der Waals surface area contributed by atoms with Crippen molar-refractivity contribution in [3.63, 3.8) is 0 Å². The van der Waals surface area contributed by atoms with Gasteiger partial charge >= 0.3 is 18.0 Å². The summed E-state index contributed by atoms with van der Waals surface area (Å²) in [5.74, 6) is -5.21. The van der Waals surface area contributed by atoms with Gasteiger partial charge in [-0.15, -0.1) is 0 Å². The molecule has 3 aromatic carbocycles. The van der Waals surface area contributed by atoms with E-state index in [2.05, 4.69) is 22.0 Å². The number of halogens is 4. The maximum Gasteiger partial charge on any atom is 0.408 e. The lowest BCUT2D eigenvalue weighted by Gasteiger charge is -2.37. The Bertz CT molecular complexity index is 2050. The minimum absolute atomic E-state index is 0.0287. The molecule has 306 valence electrons. The maximum atomic E-state index is 16.0. The van der Waals surface area contributed by atoms with Crippen LogP contribution in [-0.2, 0) is 29.2 Å². The fourth-order valence-electron chi connectivity index (χ4n) is 6.72. The number of amides is 2. The highest BCUT2D eigenvalue weighted by molar-refractivity contribution is 6.31. The normalized spacial score (nSPS) is 19.8. The van der Waals surface area contributed by atoms with Gasteiger partial charge in [-0.25, -0.2) is 23.2 Å². The number of nitriles is 1. The lowest BCUT2D eigenvalue weighted by molar-refractivity contribution is -0.146. The fourth-order valence-corrected chi connectivity index (χ4v) is 7.06. The molecule has 12 nitrogen and oxygen atoms in total. The molecule has 1 aliphatic rings. The van der Waals surface area contributed by atoms with Gasteiger partial charge in [0, 0.05) is 22.5 Å². The average molecular weight is 832 g/mol. The molecule has 0 aromatic heterocycles. The van der Waals surface area contributed by atoms with Crippen LogP contribution in [0.15, 0.2) is 54.6 Å². The van der Waals surface area contributed by atoms with Crippen molar-refractivity contribution in [1.82, 2.24) is 10.6 Å². The van der Waals surface area contributed by atoms with Crippen molar-refractivity contribution in [2.45, 2.75) is 89.9 Å². The predicted octanol–water partition coefficient (Wildman–Crippen LogP) is 7.85. The van der Waals surface area contributed by atoms with Crippen LogP contribution >= 0.6 is 23.2 Å². The highest BCUT2D eigenvalue weighted by Crippen LogP contribution is 2.53. The van der Waals surface area contributed by atoms with Crippen LogP contribution in [0.4, 0.5) is 19.3 Å². The Morgan fingerprint density at radius 1 is 0.982 bits per heavy atom. The van der Waals surface area contributed by atoms with Crippen molar-refractivity contribution in [1.29, 1.82) is 5.26 Å². The summed E-state index contributed by atoms with van der Waals surface area (Å²) in [5, 5.41) is 19.3. The molecule has 4 rings (SSSR count). The fraction of sp³-hybridized carbons (Fsp3) is 0.439. The molecule has 0 bridgehead atoms. The largest absolute Gasteiger partial charge is 0.495 e. The van der Waals surface area contributed by atoms with Crippen molar-refractivity contribution in [3.05, 3.63) is 93.0 Å². The highest BCUT2D eigenvalue weighted by Gasteiger charge is 2.61. The van der Waals surface area contributed by atoms with E-state index in [9.17, 15) is 24.4 Å². The predicted molar refractivity (Wildman–Crippen MR) is 209 cm³/mol. The van der Waals surface area contributed by atoms with Gasteiger partial charge in [-0.1, -0.05) is 62.2 Å². The van der Waals surface area contributed by atoms with Gasteiger partial charge in [-0.3, -0.25) is 4.79 Å². The summed E-state index contributed by atoms with van der Waals surface area (Å²) in [6, 6.07) is 11.3. The van der Waals surface area contributed by atoms with E-state index in [1.54, 1.807) is 20.8 Å². The van der Waals surface area contributed by atoms with Gasteiger partial charge in [0.25, 0.3) is 0 Å². The van der Waals surface area contributed by atoms with Gasteiger partial charge in [-0.2, -0.15) is 5.26 Å². The summed E-state index contributed by atoms with van der Waals surface area (Å²) < 4.78 is 52.9. The van der Waals surface area contributed by atoms with Crippen molar-refractivity contribution < 1.29 is 46.9 Å². The standard InChI is InChI=1S/C41H46Cl2F2N4O8/c1-22(47-38(53)57-40(5,6)7)36(51)55-16-17-56-37(52)23-12-15-29(30(18-23)54-8)48-35(50)34-32(25-10-9-11-27(43)33(25)45)41(21-46,31(49-34)20-39(2,3)4)26-14-13-24(42)19-28(26)44/h9-15,18-19,22,31-32,34,49H,16-17,20H2,1-8H3,(H,47,53)(H,48,50). The number of hydrogen-bond acceptors (Lipinski definition) is 10. The summed E-state index contributed by atoms with van der Waals surface area (Å²) >= 11 is 12.4. The molecule has 1 heterocycles. The lowest BCUT2D eigenvalue weighted by atomic mass is 9.62. The van der Waals surface area contributed by atoms with Crippen LogP contribution in [-0.4, -0.2) is 68.0 Å². The summed E-state index contributed by atoms with van der Waals surface area (Å²) in [6.45, 7) is 11.6. The summed E-state index contributed by atoms with van der Waals surface area (Å²) in [6.07, 6.45) is -0.526. The number of alkyl carbamates (subject to hydrolysis) is 1. The second kappa shape index (κ2) is 18.1. The molecule has 2 amide bonds. The molecule has 0 spiro atoms. The molecule has 16 heteroatoms. The first kappa shape index (κ1) is 44.7. The third-order valence-corrected chi connectivity index (χ3v) is 9.60. The van der Waals surface area contributed by atoms with E-state index in [4.69, 9.17) is 42.1 Å². The first-order valence-corrected chi connectivity index (χ1v) is 18.8. The van der Waals surface area contributed by atoms with E-state index in [-0.39, 0.29) is 57.8 Å². The molecular weight excluding hydrogens is 785 g/mol. The van der Waals surface area contributed by atoms with Gasteiger partial charge < -0.3 is 34.9 Å². The minimum atomic E-state index is -1.84. The van der Waals surface area contributed by atoms with Gasteiger partial charge in [-0.05, 0) is 81.5 Å². The number of rotatable bonds is 12. The molecule has 0 saturated carbocycles. The number of nitrogens with zero attached hydrogens (tertiary/aromatic N) is 1. The number of benzene rings is 3. The first-order valence-electron chi connectivity index (χ1n) is 18.0. The molecule has 3 N–H and O–H groups in total. The van der Waals surface area contributed by atoms with E-state index in [1.165, 1.54) is 62.6 Å². The Labute approximate surface area is 340 Å². The molecule has 0 radical (unpaired) electrons. The molecule has 1 fully saturated rings. The minimum Gasteiger partial charge on any atom is -0.495 e. The molecular formula is C41H46Cl2F2N4O8. The summed E-state index contributed by atoms with van der Waals surface area (Å²) in [7, 11) is 1.31. The molecule has 1 saturated heterocycles. The third kappa shape index (κ3) is 10.7. The highest BCUT2D eigenvalue weighted by atomic mass is 35.5. The second-order valence-corrected chi connectivity index (χ2v) is 16.6. The Balaban J connectivity index is 1.58. The number of nitrogens with one attached hydrogen (secondary N) is 3. The van der Waals surface area contributed by atoms with Crippen molar-refractivity contribution in [2.75, 3.05) is 25.6 Å². The SMILES string of the molecule is COc1cc(C(=O)OCCOC(=O)C(C)NC(=O)OC(C)(C)C)ccc1NC(=O)C1NC(CC(C)(C)C)C(C#N)(c2ccc(Cl)cc2F)C1c1cccc(Cl)c1F. The van der Waals surface area contributed by atoms with Crippen LogP contribution in [0.3, 0.4) is 0 Å². The van der Waals surface area contributed by atoms with Gasteiger partial charge in [0.1, 0.15) is 47.7 Å². The molecule has 0 aliphatic carbocycles. The van der Waals surface area contributed by atoms with E-state index in [1.807, 2.05) is 20.8 Å². The number of carbonyl (C=O) groups excluding carboxylic acids is 4. The van der Waals surface area contributed by atoms with Crippen LogP contribution in [0.2, 0.25) is 10.0 Å². The zero-order valence-electron chi connectivity index (χ0n) is 32.9. The van der Waals surface area contributed by atoms with E-state index in [0.717, 1.165) is 6.07 Å². The zero-order chi connectivity index (χ0) is 42.5. The zero-order valence-corrected chi connectivity index (χ0v) is 34.4. The Morgan fingerprint density at radius 2 is 1.67 bits per heavy atom. The number of methoxy groups -OCH3 is 1. The third-order valence-electron chi connectivity index (χ3n) is 9.07. The number of hydrogen-bond donors (Lipinski definition) is 3. The van der Waals surface area contributed by atoms with Crippen LogP contribution in [0, 0.1) is 28.4 Å². The van der Waals surface area contributed by atoms with E-state index >= 15 is 8.78 Å². The van der Waals surface area contributed by atoms with Crippen LogP contribution < -0.4 is 20.7 Å². The Kier molecular flexibility index (Phi) is 14.2. The maximum absolute atomic E-state index is 16.0. The van der Waals surface area contributed by atoms with Crippen molar-refractivity contribution in [2.24, 2.45) is 5.41 Å². The lowest BCUT2D eigenvalue weighted by Crippen LogP contribution is -2.45. The van der Waals surface area contributed by atoms with Crippen molar-refractivity contribution in [3.8, 4) is 11.8 Å². The average Bonchev–Trinajstić information content (AvgIpc) is 3.43. The molecule has 1 aliphatic heterocycles. The van der Waals surface area contributed by atoms with Crippen LogP contribution in [0.1, 0.15) is 82.3 Å². The molecule has 5 unspecified atom stereocenters. The monoisotopic (exact) mass is 830 g/mol. The van der Waals surface area contributed by atoms with E-state index in [0.29, 0.717) is 0 Å². The molecule has 3 aromatic rings. The van der Waals surface area contributed by atoms with Gasteiger partial charge in [0.2, 0.25) is 5.91 Å². The van der Waals surface area contributed by atoms with Gasteiger partial charge in [0.05, 0.1) is 35.5 Å². The molecule has 5 atom stereocenters. The van der Waals surface area contributed by atoms with Crippen molar-refractivity contribution >= 4 is 52.8 Å². The number of ether oxygens (including phenoxy) is 4. The Morgan fingerprint density at radius 3 is 2.28 bits per heavy atom. The topological polar surface area (TPSA) is 165 Å². The summed E-state index contributed by atoms with van der Waals surface area (Å²) in [4.78, 5) is 51.5. The number of anilines is 1. The van der Waals surface area contributed by atoms with Crippen LogP contribution in [0.25, 0.3) is 0 Å². The summed E-state index contributed by atoms with van der Waals surface area (Å²) in [5.41, 5.74) is -3.05. The first-order chi connectivity index (χ1) is 26.6. The smallest absolute Gasteiger partial charge is 0.408 e. The number of carbonyl (C=O) groups is 4. The number of esters is 2. The van der Waals surface area contributed by atoms with E-state index < -0.39 is 76.0 Å². The molecule has 57 heavy (non-hydrogen) atoms.